The Balaban J connectivity index is 1.51. The first-order valence-corrected chi connectivity index (χ1v) is 7.60. The molecule has 24 heavy (non-hydrogen) atoms. The third-order valence-electron chi connectivity index (χ3n) is 3.77. The first-order chi connectivity index (χ1) is 11.7. The van der Waals surface area contributed by atoms with Crippen LogP contribution < -0.4 is 5.32 Å². The fourth-order valence-corrected chi connectivity index (χ4v) is 2.65. The molecule has 8 nitrogen and oxygen atoms in total. The number of rotatable bonds is 4. The van der Waals surface area contributed by atoms with Crippen molar-refractivity contribution in [2.45, 2.75) is 19.5 Å². The van der Waals surface area contributed by atoms with Crippen molar-refractivity contribution in [2.24, 2.45) is 0 Å². The highest BCUT2D eigenvalue weighted by molar-refractivity contribution is 5.99. The van der Waals surface area contributed by atoms with Crippen molar-refractivity contribution >= 4 is 22.6 Å². The van der Waals surface area contributed by atoms with Crippen LogP contribution >= 0.6 is 0 Å². The second-order valence-electron chi connectivity index (χ2n) is 5.58. The quantitative estimate of drug-likeness (QED) is 0.612. The number of hydrogen-bond acceptors (Lipinski definition) is 5. The van der Waals surface area contributed by atoms with Gasteiger partial charge in [-0.3, -0.25) is 4.79 Å². The molecule has 8 heteroatoms. The van der Waals surface area contributed by atoms with Crippen molar-refractivity contribution in [3.63, 3.8) is 0 Å². The minimum Gasteiger partial charge on any atom is -0.348 e. The van der Waals surface area contributed by atoms with Crippen molar-refractivity contribution in [3.05, 3.63) is 54.5 Å². The maximum Gasteiger partial charge on any atom is 0.257 e. The maximum atomic E-state index is 12.5. The van der Waals surface area contributed by atoms with Crippen LogP contribution in [0.3, 0.4) is 0 Å². The number of nitrogens with one attached hydrogen (secondary N) is 1. The normalized spacial score (nSPS) is 12.5. The molecule has 0 aliphatic rings. The molecular formula is C16H15N7O. The minimum atomic E-state index is -0.208. The van der Waals surface area contributed by atoms with Gasteiger partial charge in [0.1, 0.15) is 11.1 Å². The van der Waals surface area contributed by atoms with Crippen LogP contribution in [0.1, 0.15) is 17.3 Å². The number of fused-ring (bicyclic) bond motifs is 2. The Bertz CT molecular complexity index is 1020. The van der Waals surface area contributed by atoms with Gasteiger partial charge in [-0.1, -0.05) is 17.3 Å². The monoisotopic (exact) mass is 321 g/mol. The van der Waals surface area contributed by atoms with Gasteiger partial charge in [-0.05, 0) is 25.1 Å². The highest BCUT2D eigenvalue weighted by Crippen LogP contribution is 2.11. The lowest BCUT2D eigenvalue weighted by Crippen LogP contribution is -2.36. The van der Waals surface area contributed by atoms with E-state index in [1.54, 1.807) is 27.7 Å². The molecule has 0 aliphatic carbocycles. The molecule has 0 saturated carbocycles. The average molecular weight is 321 g/mol. The number of carbonyl (C=O) groups is 1. The van der Waals surface area contributed by atoms with E-state index in [9.17, 15) is 4.79 Å². The van der Waals surface area contributed by atoms with E-state index in [1.807, 2.05) is 31.2 Å². The van der Waals surface area contributed by atoms with Gasteiger partial charge in [0.25, 0.3) is 5.91 Å². The summed E-state index contributed by atoms with van der Waals surface area (Å²) in [5, 5.41) is 15.3. The standard InChI is InChI=1S/C16H15N7O/c1-11(10-23-14-6-3-2-5-13(14)20-21-23)19-16(24)12-9-18-22-8-4-7-17-15(12)22/h2-9,11H,10H2,1H3,(H,19,24)/t11-/m0/s1. The molecule has 4 rings (SSSR count). The van der Waals surface area contributed by atoms with Crippen LogP contribution in [-0.2, 0) is 6.54 Å². The zero-order valence-electron chi connectivity index (χ0n) is 13.0. The van der Waals surface area contributed by atoms with Crippen LogP contribution in [0.25, 0.3) is 16.7 Å². The van der Waals surface area contributed by atoms with Crippen LogP contribution in [0.2, 0.25) is 0 Å². The summed E-state index contributed by atoms with van der Waals surface area (Å²) in [7, 11) is 0. The van der Waals surface area contributed by atoms with Gasteiger partial charge in [0.15, 0.2) is 5.65 Å². The Morgan fingerprint density at radius 2 is 2.17 bits per heavy atom. The van der Waals surface area contributed by atoms with Gasteiger partial charge < -0.3 is 5.32 Å². The minimum absolute atomic E-state index is 0.124. The third kappa shape index (κ3) is 2.47. The highest BCUT2D eigenvalue weighted by Gasteiger charge is 2.16. The molecular weight excluding hydrogens is 306 g/mol. The Hall–Kier alpha value is -3.29. The zero-order chi connectivity index (χ0) is 16.5. The van der Waals surface area contributed by atoms with Crippen molar-refractivity contribution < 1.29 is 4.79 Å². The molecule has 3 aromatic heterocycles. The van der Waals surface area contributed by atoms with Gasteiger partial charge in [0.05, 0.1) is 18.3 Å². The number of benzene rings is 1. The first kappa shape index (κ1) is 14.3. The molecule has 120 valence electrons. The second-order valence-corrected chi connectivity index (χ2v) is 5.58. The number of para-hydroxylation sites is 1. The Morgan fingerprint density at radius 1 is 1.29 bits per heavy atom. The lowest BCUT2D eigenvalue weighted by molar-refractivity contribution is 0.0937. The molecule has 0 saturated heterocycles. The van der Waals surface area contributed by atoms with Crippen molar-refractivity contribution in [1.29, 1.82) is 0 Å². The van der Waals surface area contributed by atoms with E-state index in [1.165, 1.54) is 6.20 Å². The number of nitrogens with zero attached hydrogens (tertiary/aromatic N) is 6. The van der Waals surface area contributed by atoms with Gasteiger partial charge in [0.2, 0.25) is 0 Å². The van der Waals surface area contributed by atoms with E-state index in [4.69, 9.17) is 0 Å². The van der Waals surface area contributed by atoms with Gasteiger partial charge in [-0.2, -0.15) is 5.10 Å². The molecule has 4 aromatic rings. The predicted molar refractivity (Wildman–Crippen MR) is 87.4 cm³/mol. The lowest BCUT2D eigenvalue weighted by Gasteiger charge is -2.13. The summed E-state index contributed by atoms with van der Waals surface area (Å²) in [6, 6.07) is 9.37. The Kier molecular flexibility index (Phi) is 3.42. The fraction of sp³-hybridized carbons (Fsp3) is 0.188. The summed E-state index contributed by atoms with van der Waals surface area (Å²) in [5.41, 5.74) is 2.76. The van der Waals surface area contributed by atoms with Crippen molar-refractivity contribution in [3.8, 4) is 0 Å². The van der Waals surface area contributed by atoms with Gasteiger partial charge >= 0.3 is 0 Å². The molecule has 0 bridgehead atoms. The average Bonchev–Trinajstić information content (AvgIpc) is 3.19. The molecule has 0 spiro atoms. The second kappa shape index (κ2) is 5.73. The smallest absolute Gasteiger partial charge is 0.257 e. The van der Waals surface area contributed by atoms with E-state index >= 15 is 0 Å². The number of hydrogen-bond donors (Lipinski definition) is 1. The van der Waals surface area contributed by atoms with Gasteiger partial charge in [-0.25, -0.2) is 14.2 Å². The van der Waals surface area contributed by atoms with Crippen LogP contribution in [-0.4, -0.2) is 41.5 Å². The Labute approximate surface area is 137 Å². The summed E-state index contributed by atoms with van der Waals surface area (Å²) in [4.78, 5) is 16.7. The van der Waals surface area contributed by atoms with Crippen molar-refractivity contribution in [1.82, 2.24) is 34.9 Å². The van der Waals surface area contributed by atoms with E-state index < -0.39 is 0 Å². The highest BCUT2D eigenvalue weighted by atomic mass is 16.1. The fourth-order valence-electron chi connectivity index (χ4n) is 2.65. The maximum absolute atomic E-state index is 12.5. The van der Waals surface area contributed by atoms with Gasteiger partial charge in [0, 0.05) is 18.4 Å². The summed E-state index contributed by atoms with van der Waals surface area (Å²) < 4.78 is 3.36. The molecule has 1 aromatic carbocycles. The molecule has 0 fully saturated rings. The SMILES string of the molecule is C[C@@H](Cn1nnc2ccccc21)NC(=O)c1cnn2cccnc12. The number of amides is 1. The summed E-state index contributed by atoms with van der Waals surface area (Å²) in [5.74, 6) is -0.208. The van der Waals surface area contributed by atoms with E-state index in [0.717, 1.165) is 11.0 Å². The largest absolute Gasteiger partial charge is 0.348 e. The summed E-state index contributed by atoms with van der Waals surface area (Å²) in [6.07, 6.45) is 4.91. The van der Waals surface area contributed by atoms with E-state index in [0.29, 0.717) is 17.8 Å². The predicted octanol–water partition coefficient (Wildman–Crippen LogP) is 1.29. The molecule has 1 amide bonds. The van der Waals surface area contributed by atoms with Gasteiger partial charge in [-0.15, -0.1) is 5.10 Å². The molecule has 0 aliphatic heterocycles. The van der Waals surface area contributed by atoms with Crippen LogP contribution in [0.5, 0.6) is 0 Å². The third-order valence-corrected chi connectivity index (χ3v) is 3.77. The topological polar surface area (TPSA) is 90.0 Å². The summed E-state index contributed by atoms with van der Waals surface area (Å²) >= 11 is 0. The van der Waals surface area contributed by atoms with Crippen LogP contribution in [0.4, 0.5) is 0 Å². The lowest BCUT2D eigenvalue weighted by atomic mass is 10.2. The molecule has 1 N–H and O–H groups in total. The van der Waals surface area contributed by atoms with E-state index in [2.05, 4.69) is 25.7 Å². The molecule has 1 atom stereocenters. The molecule has 0 radical (unpaired) electrons. The van der Waals surface area contributed by atoms with Crippen LogP contribution in [0, 0.1) is 0 Å². The zero-order valence-corrected chi connectivity index (χ0v) is 13.0. The summed E-state index contributed by atoms with van der Waals surface area (Å²) in [6.45, 7) is 2.45. The Morgan fingerprint density at radius 3 is 3.08 bits per heavy atom. The molecule has 3 heterocycles. The van der Waals surface area contributed by atoms with Crippen molar-refractivity contribution in [2.75, 3.05) is 0 Å². The van der Waals surface area contributed by atoms with E-state index in [-0.39, 0.29) is 11.9 Å². The number of carbonyl (C=O) groups excluding carboxylic acids is 1. The van der Waals surface area contributed by atoms with Crippen LogP contribution in [0.15, 0.2) is 48.9 Å². The number of aromatic nitrogens is 6. The first-order valence-electron chi connectivity index (χ1n) is 7.60. The molecule has 0 unspecified atom stereocenters.